The van der Waals surface area contributed by atoms with Gasteiger partial charge in [-0.15, -0.1) is 0 Å². The molecule has 0 aromatic carbocycles. The molecule has 0 aliphatic heterocycles. The highest BCUT2D eigenvalue weighted by atomic mass is 79.9. The van der Waals surface area contributed by atoms with Gasteiger partial charge in [-0.2, -0.15) is 0 Å². The molecule has 2 nitrogen and oxygen atoms in total. The maximum absolute atomic E-state index is 6.32. The third kappa shape index (κ3) is 2.67. The Morgan fingerprint density at radius 1 is 1.59 bits per heavy atom. The fraction of sp³-hybridized carbons (Fsp3) is 0.538. The van der Waals surface area contributed by atoms with Crippen LogP contribution in [0.5, 0.6) is 0 Å². The van der Waals surface area contributed by atoms with Crippen LogP contribution in [0.4, 0.5) is 0 Å². The van der Waals surface area contributed by atoms with E-state index in [-0.39, 0.29) is 11.5 Å². The van der Waals surface area contributed by atoms with Crippen LogP contribution in [-0.4, -0.2) is 11.0 Å². The summed E-state index contributed by atoms with van der Waals surface area (Å²) in [7, 11) is 0. The van der Waals surface area contributed by atoms with E-state index in [1.807, 2.05) is 6.07 Å². The molecule has 0 amide bonds. The highest BCUT2D eigenvalue weighted by molar-refractivity contribution is 9.10. The molecular weight excluding hydrogens is 300 g/mol. The van der Waals surface area contributed by atoms with Gasteiger partial charge in [0.2, 0.25) is 0 Å². The Labute approximate surface area is 116 Å². The van der Waals surface area contributed by atoms with Gasteiger partial charge in [0.15, 0.2) is 0 Å². The molecule has 1 aliphatic carbocycles. The van der Waals surface area contributed by atoms with Crippen LogP contribution < -0.4 is 5.73 Å². The SMILES string of the molecule is C[C](C)CC(N)C1(c2ncc(Br)cc2Cl)CC1. The van der Waals surface area contributed by atoms with Crippen molar-refractivity contribution in [3.05, 3.63) is 33.4 Å². The van der Waals surface area contributed by atoms with E-state index in [0.29, 0.717) is 0 Å². The summed E-state index contributed by atoms with van der Waals surface area (Å²) in [5.41, 5.74) is 7.30. The van der Waals surface area contributed by atoms with Crippen LogP contribution in [0.15, 0.2) is 16.7 Å². The predicted octanol–water partition coefficient (Wildman–Crippen LogP) is 3.86. The zero-order valence-corrected chi connectivity index (χ0v) is 12.5. The smallest absolute Gasteiger partial charge is 0.0667 e. The molecule has 2 N–H and O–H groups in total. The number of hydrogen-bond acceptors (Lipinski definition) is 2. The second kappa shape index (κ2) is 4.87. The summed E-state index contributed by atoms with van der Waals surface area (Å²) in [6, 6.07) is 2.03. The van der Waals surface area contributed by atoms with Gasteiger partial charge in [-0.05, 0) is 47.2 Å². The molecule has 1 atom stereocenters. The van der Waals surface area contributed by atoms with Gasteiger partial charge >= 0.3 is 0 Å². The van der Waals surface area contributed by atoms with Crippen LogP contribution in [0, 0.1) is 5.92 Å². The van der Waals surface area contributed by atoms with Crippen LogP contribution in [0.25, 0.3) is 0 Å². The van der Waals surface area contributed by atoms with Crippen molar-refractivity contribution in [1.29, 1.82) is 0 Å². The second-order valence-corrected chi connectivity index (χ2v) is 6.48. The molecule has 1 aromatic rings. The van der Waals surface area contributed by atoms with E-state index >= 15 is 0 Å². The van der Waals surface area contributed by atoms with Gasteiger partial charge in [-0.1, -0.05) is 25.4 Å². The summed E-state index contributed by atoms with van der Waals surface area (Å²) in [5, 5.41) is 0.723. The van der Waals surface area contributed by atoms with Crippen LogP contribution in [0.3, 0.4) is 0 Å². The lowest BCUT2D eigenvalue weighted by molar-refractivity contribution is 0.483. The number of halogens is 2. The average molecular weight is 317 g/mol. The van der Waals surface area contributed by atoms with Crippen molar-refractivity contribution in [2.45, 2.75) is 44.6 Å². The molecule has 93 valence electrons. The quantitative estimate of drug-likeness (QED) is 0.916. The first-order valence-electron chi connectivity index (χ1n) is 5.82. The lowest BCUT2D eigenvalue weighted by atomic mass is 9.87. The number of rotatable bonds is 4. The van der Waals surface area contributed by atoms with Crippen molar-refractivity contribution in [2.24, 2.45) is 5.73 Å². The normalized spacial score (nSPS) is 19.4. The van der Waals surface area contributed by atoms with E-state index in [1.54, 1.807) is 6.20 Å². The minimum absolute atomic E-state index is 0.00898. The maximum Gasteiger partial charge on any atom is 0.0667 e. The Bertz CT molecular complexity index is 416. The number of hydrogen-bond donors (Lipinski definition) is 1. The molecule has 1 aliphatic rings. The Balaban J connectivity index is 2.26. The van der Waals surface area contributed by atoms with E-state index in [9.17, 15) is 0 Å². The van der Waals surface area contributed by atoms with Crippen molar-refractivity contribution in [1.82, 2.24) is 4.98 Å². The van der Waals surface area contributed by atoms with Crippen LogP contribution >= 0.6 is 27.5 Å². The van der Waals surface area contributed by atoms with Crippen molar-refractivity contribution in [3.63, 3.8) is 0 Å². The number of aromatic nitrogens is 1. The van der Waals surface area contributed by atoms with Gasteiger partial charge in [0.05, 0.1) is 10.7 Å². The molecule has 1 aromatic heterocycles. The molecule has 4 heteroatoms. The molecule has 0 spiro atoms. The van der Waals surface area contributed by atoms with Crippen LogP contribution in [-0.2, 0) is 5.41 Å². The minimum atomic E-state index is 0.00898. The molecule has 0 saturated heterocycles. The highest BCUT2D eigenvalue weighted by Gasteiger charge is 2.51. The fourth-order valence-electron chi connectivity index (χ4n) is 2.33. The molecule has 17 heavy (non-hydrogen) atoms. The third-order valence-corrected chi connectivity index (χ3v) is 4.13. The van der Waals surface area contributed by atoms with Crippen molar-refractivity contribution >= 4 is 27.5 Å². The van der Waals surface area contributed by atoms with Crippen molar-refractivity contribution in [3.8, 4) is 0 Å². The molecular formula is C13H17BrClN2. The Hall–Kier alpha value is -0.120. The largest absolute Gasteiger partial charge is 0.327 e. The Kier molecular flexibility index (Phi) is 3.81. The molecule has 1 fully saturated rings. The summed E-state index contributed by atoms with van der Waals surface area (Å²) in [5.74, 6) is 1.36. The molecule has 1 saturated carbocycles. The number of pyridine rings is 1. The maximum atomic E-state index is 6.32. The van der Waals surface area contributed by atoms with Gasteiger partial charge in [0, 0.05) is 22.1 Å². The molecule has 1 unspecified atom stereocenters. The first-order valence-corrected chi connectivity index (χ1v) is 6.99. The third-order valence-electron chi connectivity index (χ3n) is 3.41. The topological polar surface area (TPSA) is 38.9 Å². The summed E-state index contributed by atoms with van der Waals surface area (Å²) in [6.45, 7) is 4.24. The molecule has 1 radical (unpaired) electrons. The van der Waals surface area contributed by atoms with Gasteiger partial charge < -0.3 is 5.73 Å². The summed E-state index contributed by atoms with van der Waals surface area (Å²) >= 11 is 9.66. The van der Waals surface area contributed by atoms with E-state index in [4.69, 9.17) is 17.3 Å². The highest BCUT2D eigenvalue weighted by Crippen LogP contribution is 2.53. The number of nitrogens with zero attached hydrogens (tertiary/aromatic N) is 1. The van der Waals surface area contributed by atoms with Crippen molar-refractivity contribution in [2.75, 3.05) is 0 Å². The first-order chi connectivity index (χ1) is 7.95. The Morgan fingerprint density at radius 2 is 2.24 bits per heavy atom. The van der Waals surface area contributed by atoms with Gasteiger partial charge in [0.1, 0.15) is 0 Å². The summed E-state index contributed by atoms with van der Waals surface area (Å²) < 4.78 is 0.911. The van der Waals surface area contributed by atoms with E-state index < -0.39 is 0 Å². The van der Waals surface area contributed by atoms with Crippen LogP contribution in [0.2, 0.25) is 5.02 Å². The molecule has 1 heterocycles. The zero-order chi connectivity index (χ0) is 12.6. The van der Waals surface area contributed by atoms with E-state index in [0.717, 1.165) is 34.5 Å². The monoisotopic (exact) mass is 315 g/mol. The first kappa shape index (κ1) is 13.3. The summed E-state index contributed by atoms with van der Waals surface area (Å²) in [6.07, 6.45) is 4.93. The van der Waals surface area contributed by atoms with Crippen molar-refractivity contribution < 1.29 is 0 Å². The zero-order valence-electron chi connectivity index (χ0n) is 10.1. The van der Waals surface area contributed by atoms with Crippen LogP contribution in [0.1, 0.15) is 38.8 Å². The van der Waals surface area contributed by atoms with E-state index in [1.165, 1.54) is 5.92 Å². The minimum Gasteiger partial charge on any atom is -0.327 e. The van der Waals surface area contributed by atoms with E-state index in [2.05, 4.69) is 34.8 Å². The Morgan fingerprint density at radius 3 is 2.71 bits per heavy atom. The lowest BCUT2D eigenvalue weighted by Crippen LogP contribution is -2.36. The summed E-state index contributed by atoms with van der Waals surface area (Å²) in [4.78, 5) is 4.47. The lowest BCUT2D eigenvalue weighted by Gasteiger charge is -2.25. The molecule has 2 rings (SSSR count). The standard InChI is InChI=1S/C13H17BrClN2/c1-8(2)5-11(16)13(3-4-13)12-10(15)6-9(14)7-17-12/h6-7,11H,3-5,16H2,1-2H3. The second-order valence-electron chi connectivity index (χ2n) is 5.16. The number of nitrogens with two attached hydrogens (primary N) is 1. The fourth-order valence-corrected chi connectivity index (χ4v) is 3.15. The average Bonchev–Trinajstić information content (AvgIpc) is 2.97. The molecule has 0 bridgehead atoms. The van der Waals surface area contributed by atoms with Gasteiger partial charge in [-0.3, -0.25) is 4.98 Å². The van der Waals surface area contributed by atoms with Gasteiger partial charge in [-0.25, -0.2) is 0 Å². The predicted molar refractivity (Wildman–Crippen MR) is 75.0 cm³/mol. The van der Waals surface area contributed by atoms with Gasteiger partial charge in [0.25, 0.3) is 0 Å².